The van der Waals surface area contributed by atoms with Crippen molar-refractivity contribution in [2.45, 2.75) is 46.1 Å². The van der Waals surface area contributed by atoms with Gasteiger partial charge in [0.15, 0.2) is 0 Å². The highest BCUT2D eigenvalue weighted by atomic mass is 14.9. The Morgan fingerprint density at radius 2 is 1.92 bits per heavy atom. The molecule has 0 heterocycles. The molecule has 0 saturated heterocycles. The largest absolute Gasteiger partial charge is 0.330 e. The van der Waals surface area contributed by atoms with Gasteiger partial charge >= 0.3 is 0 Å². The van der Waals surface area contributed by atoms with Crippen molar-refractivity contribution in [3.8, 4) is 0 Å². The molecule has 0 fully saturated rings. The lowest BCUT2D eigenvalue weighted by atomic mass is 10.1. The summed E-state index contributed by atoms with van der Waals surface area (Å²) in [5.41, 5.74) is 5.45. The Balaban J connectivity index is 3.18. The fourth-order valence-electron chi connectivity index (χ4n) is 1.13. The van der Waals surface area contributed by atoms with Gasteiger partial charge in [-0.2, -0.15) is 0 Å². The van der Waals surface area contributed by atoms with E-state index in [0.29, 0.717) is 6.04 Å². The van der Waals surface area contributed by atoms with Crippen molar-refractivity contribution < 1.29 is 0 Å². The van der Waals surface area contributed by atoms with E-state index < -0.39 is 0 Å². The van der Waals surface area contributed by atoms with Gasteiger partial charge in [0.2, 0.25) is 0 Å². The van der Waals surface area contributed by atoms with Crippen LogP contribution in [0.3, 0.4) is 0 Å². The van der Waals surface area contributed by atoms with E-state index in [4.69, 9.17) is 5.73 Å². The second kappa shape index (κ2) is 7.56. The minimum Gasteiger partial charge on any atom is -0.330 e. The second-order valence-corrected chi connectivity index (χ2v) is 3.73. The van der Waals surface area contributed by atoms with Gasteiger partial charge in [-0.05, 0) is 38.8 Å². The van der Waals surface area contributed by atoms with E-state index in [-0.39, 0.29) is 0 Å². The smallest absolute Gasteiger partial charge is 0.00507 e. The van der Waals surface area contributed by atoms with Crippen molar-refractivity contribution in [2.75, 3.05) is 13.1 Å². The summed E-state index contributed by atoms with van der Waals surface area (Å²) in [4.78, 5) is 0. The predicted octanol–water partition coefficient (Wildman–Crippen LogP) is 1.75. The Morgan fingerprint density at radius 1 is 1.25 bits per heavy atom. The van der Waals surface area contributed by atoms with Gasteiger partial charge < -0.3 is 11.1 Å². The van der Waals surface area contributed by atoms with Crippen LogP contribution in [0.2, 0.25) is 0 Å². The standard InChI is InChI=1S/C10H24N2/c1-4-9(2)6-8-12-10(3)5-7-11/h9-10,12H,4-8,11H2,1-3H3. The van der Waals surface area contributed by atoms with Crippen molar-refractivity contribution >= 4 is 0 Å². The molecule has 2 unspecified atom stereocenters. The van der Waals surface area contributed by atoms with Gasteiger partial charge in [-0.3, -0.25) is 0 Å². The minimum absolute atomic E-state index is 0.582. The van der Waals surface area contributed by atoms with Crippen LogP contribution in [0.5, 0.6) is 0 Å². The van der Waals surface area contributed by atoms with E-state index in [1.54, 1.807) is 0 Å². The van der Waals surface area contributed by atoms with Gasteiger partial charge in [0, 0.05) is 6.04 Å². The van der Waals surface area contributed by atoms with Crippen molar-refractivity contribution in [3.05, 3.63) is 0 Å². The molecule has 0 aliphatic heterocycles. The number of hydrogen-bond donors (Lipinski definition) is 2. The monoisotopic (exact) mass is 172 g/mol. The van der Waals surface area contributed by atoms with Gasteiger partial charge in [0.1, 0.15) is 0 Å². The molecule has 2 heteroatoms. The first kappa shape index (κ1) is 11.9. The topological polar surface area (TPSA) is 38.0 Å². The van der Waals surface area contributed by atoms with Crippen LogP contribution < -0.4 is 11.1 Å². The quantitative estimate of drug-likeness (QED) is 0.614. The van der Waals surface area contributed by atoms with Crippen molar-refractivity contribution in [1.82, 2.24) is 5.32 Å². The Labute approximate surface area is 76.9 Å². The van der Waals surface area contributed by atoms with Gasteiger partial charge in [-0.1, -0.05) is 20.3 Å². The lowest BCUT2D eigenvalue weighted by Crippen LogP contribution is -2.29. The Kier molecular flexibility index (Phi) is 7.51. The molecule has 0 amide bonds. The normalized spacial score (nSPS) is 16.0. The number of nitrogens with two attached hydrogens (primary N) is 1. The molecule has 0 rings (SSSR count). The summed E-state index contributed by atoms with van der Waals surface area (Å²) in [6, 6.07) is 0.582. The van der Waals surface area contributed by atoms with Crippen LogP contribution >= 0.6 is 0 Å². The fourth-order valence-corrected chi connectivity index (χ4v) is 1.13. The van der Waals surface area contributed by atoms with E-state index in [1.165, 1.54) is 12.8 Å². The van der Waals surface area contributed by atoms with Gasteiger partial charge in [0.05, 0.1) is 0 Å². The van der Waals surface area contributed by atoms with Gasteiger partial charge in [-0.25, -0.2) is 0 Å². The first-order valence-corrected chi connectivity index (χ1v) is 5.14. The SMILES string of the molecule is CCC(C)CCNC(C)CCN. The Bertz CT molecular complexity index is 93.8. The molecule has 0 aliphatic carbocycles. The third-order valence-corrected chi connectivity index (χ3v) is 2.43. The maximum absolute atomic E-state index is 5.45. The fraction of sp³-hybridized carbons (Fsp3) is 1.00. The molecule has 0 spiro atoms. The summed E-state index contributed by atoms with van der Waals surface area (Å²) >= 11 is 0. The van der Waals surface area contributed by atoms with Crippen LogP contribution in [-0.2, 0) is 0 Å². The molecule has 12 heavy (non-hydrogen) atoms. The average molecular weight is 172 g/mol. The highest BCUT2D eigenvalue weighted by molar-refractivity contribution is 4.62. The van der Waals surface area contributed by atoms with Crippen molar-refractivity contribution in [2.24, 2.45) is 11.7 Å². The molecule has 0 aromatic rings. The zero-order valence-corrected chi connectivity index (χ0v) is 8.77. The van der Waals surface area contributed by atoms with E-state index in [9.17, 15) is 0 Å². The summed E-state index contributed by atoms with van der Waals surface area (Å²) in [5.74, 6) is 0.850. The van der Waals surface area contributed by atoms with Crippen molar-refractivity contribution in [3.63, 3.8) is 0 Å². The lowest BCUT2D eigenvalue weighted by Gasteiger charge is -2.14. The van der Waals surface area contributed by atoms with E-state index in [0.717, 1.165) is 25.4 Å². The number of hydrogen-bond acceptors (Lipinski definition) is 2. The molecular weight excluding hydrogens is 148 g/mol. The van der Waals surface area contributed by atoms with Crippen LogP contribution in [-0.4, -0.2) is 19.1 Å². The molecule has 74 valence electrons. The third-order valence-electron chi connectivity index (χ3n) is 2.43. The molecule has 0 aliphatic rings. The zero-order chi connectivity index (χ0) is 9.40. The first-order valence-electron chi connectivity index (χ1n) is 5.14. The maximum atomic E-state index is 5.45. The summed E-state index contributed by atoms with van der Waals surface area (Å²) in [5, 5.41) is 3.47. The van der Waals surface area contributed by atoms with Crippen LogP contribution in [0.25, 0.3) is 0 Å². The predicted molar refractivity (Wildman–Crippen MR) is 55.2 cm³/mol. The van der Waals surface area contributed by atoms with Gasteiger partial charge in [-0.15, -0.1) is 0 Å². The van der Waals surface area contributed by atoms with E-state index in [2.05, 4.69) is 26.1 Å². The van der Waals surface area contributed by atoms with Crippen LogP contribution in [0.15, 0.2) is 0 Å². The van der Waals surface area contributed by atoms with Crippen LogP contribution in [0.1, 0.15) is 40.0 Å². The van der Waals surface area contributed by atoms with Gasteiger partial charge in [0.25, 0.3) is 0 Å². The Hall–Kier alpha value is -0.0800. The van der Waals surface area contributed by atoms with E-state index in [1.807, 2.05) is 0 Å². The van der Waals surface area contributed by atoms with Crippen LogP contribution in [0, 0.1) is 5.92 Å². The first-order chi connectivity index (χ1) is 5.70. The van der Waals surface area contributed by atoms with Crippen LogP contribution in [0.4, 0.5) is 0 Å². The zero-order valence-electron chi connectivity index (χ0n) is 8.77. The molecule has 0 aromatic carbocycles. The Morgan fingerprint density at radius 3 is 2.42 bits per heavy atom. The van der Waals surface area contributed by atoms with E-state index >= 15 is 0 Å². The lowest BCUT2D eigenvalue weighted by molar-refractivity contribution is 0.448. The summed E-state index contributed by atoms with van der Waals surface area (Å²) < 4.78 is 0. The summed E-state index contributed by atoms with van der Waals surface area (Å²) in [6.07, 6.45) is 3.65. The maximum Gasteiger partial charge on any atom is 0.00507 e. The van der Waals surface area contributed by atoms with Crippen molar-refractivity contribution in [1.29, 1.82) is 0 Å². The molecule has 2 atom stereocenters. The molecule has 3 N–H and O–H groups in total. The average Bonchev–Trinajstić information content (AvgIpc) is 2.04. The summed E-state index contributed by atoms with van der Waals surface area (Å²) in [7, 11) is 0. The minimum atomic E-state index is 0.582. The molecule has 0 aromatic heterocycles. The molecule has 2 nitrogen and oxygen atoms in total. The molecular formula is C10H24N2. The highest BCUT2D eigenvalue weighted by Crippen LogP contribution is 2.04. The highest BCUT2D eigenvalue weighted by Gasteiger charge is 2.01. The molecule has 0 radical (unpaired) electrons. The number of rotatable bonds is 7. The molecule has 0 bridgehead atoms. The second-order valence-electron chi connectivity index (χ2n) is 3.73. The third kappa shape index (κ3) is 6.62. The number of nitrogens with one attached hydrogen (secondary N) is 1. The molecule has 0 saturated carbocycles. The summed E-state index contributed by atoms with van der Waals surface area (Å²) in [6.45, 7) is 8.67.